The van der Waals surface area contributed by atoms with E-state index in [1.807, 2.05) is 26.0 Å². The number of allylic oxidation sites excluding steroid dienone is 1. The number of benzene rings is 1. The Morgan fingerprint density at radius 1 is 1.41 bits per heavy atom. The molecule has 2 bridgehead atoms. The molecule has 0 spiro atoms. The van der Waals surface area contributed by atoms with E-state index in [4.69, 9.17) is 4.52 Å². The number of piperidine rings is 1. The summed E-state index contributed by atoms with van der Waals surface area (Å²) in [6, 6.07) is 5.81. The molecule has 27 heavy (non-hydrogen) atoms. The van der Waals surface area contributed by atoms with Crippen molar-refractivity contribution in [2.24, 2.45) is 5.92 Å². The van der Waals surface area contributed by atoms with E-state index in [9.17, 15) is 19.5 Å². The molecule has 1 saturated heterocycles. The monoisotopic (exact) mass is 396 g/mol. The van der Waals surface area contributed by atoms with Crippen LogP contribution in [0.5, 0.6) is 5.75 Å². The molecular weight excluding hydrogens is 365 g/mol. The molecule has 4 atom stereocenters. The number of rotatable bonds is 5. The lowest BCUT2D eigenvalue weighted by atomic mass is 9.58. The minimum Gasteiger partial charge on any atom is -0.508 e. The smallest absolute Gasteiger partial charge is 0.474 e. The molecule has 1 fully saturated rings. The van der Waals surface area contributed by atoms with Crippen LogP contribution < -0.4 is 0 Å². The summed E-state index contributed by atoms with van der Waals surface area (Å²) >= 11 is 0. The normalized spacial score (nSPS) is 32.7. The molecule has 3 N–H and O–H groups in total. The van der Waals surface area contributed by atoms with Crippen molar-refractivity contribution in [3.8, 4) is 5.75 Å². The highest BCUT2D eigenvalue weighted by Crippen LogP contribution is 2.52. The number of likely N-dealkylation sites (tertiary alicyclic amines) is 1. The second-order valence-corrected chi connectivity index (χ2v) is 9.96. The van der Waals surface area contributed by atoms with Crippen LogP contribution in [0.3, 0.4) is 0 Å². The van der Waals surface area contributed by atoms with Gasteiger partial charge in [-0.1, -0.05) is 25.5 Å². The van der Waals surface area contributed by atoms with Crippen molar-refractivity contribution in [2.75, 3.05) is 19.8 Å². The fourth-order valence-corrected chi connectivity index (χ4v) is 5.37. The maximum absolute atomic E-state index is 11.4. The van der Waals surface area contributed by atoms with Gasteiger partial charge >= 0.3 is 7.82 Å². The van der Waals surface area contributed by atoms with E-state index in [2.05, 4.69) is 19.9 Å². The highest BCUT2D eigenvalue weighted by Gasteiger charge is 2.56. The first-order valence-corrected chi connectivity index (χ1v) is 11.0. The first kappa shape index (κ1) is 20.6. The molecule has 7 heteroatoms. The predicted molar refractivity (Wildman–Crippen MR) is 104 cm³/mol. The highest BCUT2D eigenvalue weighted by atomic mass is 31.2. The highest BCUT2D eigenvalue weighted by molar-refractivity contribution is 7.46. The molecule has 1 aromatic carbocycles. The van der Waals surface area contributed by atoms with Gasteiger partial charge in [-0.05, 0) is 43.2 Å². The van der Waals surface area contributed by atoms with Crippen LogP contribution in [0.25, 0.3) is 0 Å². The Hall–Kier alpha value is -1.17. The summed E-state index contributed by atoms with van der Waals surface area (Å²) in [5.74, 6) is 0.591. The molecule has 0 radical (unpaired) electrons. The standard InChI is InChI=1S/C20H30NO5P/c1-14(2)7-9-21(13-26-27(23,24)25)10-8-20(4)15(3)19(21)11-16-5-6-17(22)12-18(16)20/h5-7,12,15,19H,8-11,13H2,1-4H3,(H2-,22,23,24,25)/p+1. The van der Waals surface area contributed by atoms with Crippen molar-refractivity contribution in [3.63, 3.8) is 0 Å². The van der Waals surface area contributed by atoms with Crippen LogP contribution in [-0.4, -0.2) is 45.2 Å². The van der Waals surface area contributed by atoms with Crippen molar-refractivity contribution < 1.29 is 28.5 Å². The maximum atomic E-state index is 11.4. The summed E-state index contributed by atoms with van der Waals surface area (Å²) in [5, 5.41) is 9.99. The Morgan fingerprint density at radius 2 is 2.11 bits per heavy atom. The zero-order chi connectivity index (χ0) is 20.0. The number of hydrogen-bond donors (Lipinski definition) is 3. The number of phenolic OH excluding ortho intramolecular Hbond substituents is 1. The largest absolute Gasteiger partial charge is 0.508 e. The van der Waals surface area contributed by atoms with Crippen molar-refractivity contribution in [3.05, 3.63) is 41.0 Å². The van der Waals surface area contributed by atoms with Gasteiger partial charge in [-0.2, -0.15) is 0 Å². The third-order valence-electron chi connectivity index (χ3n) is 6.85. The maximum Gasteiger partial charge on any atom is 0.474 e. The number of fused-ring (bicyclic) bond motifs is 4. The molecule has 3 rings (SSSR count). The third-order valence-corrected chi connectivity index (χ3v) is 7.30. The van der Waals surface area contributed by atoms with Gasteiger partial charge in [0, 0.05) is 24.2 Å². The minimum atomic E-state index is -4.54. The van der Waals surface area contributed by atoms with E-state index < -0.39 is 7.82 Å². The first-order valence-electron chi connectivity index (χ1n) is 9.48. The SMILES string of the molecule is CC(C)=CC[N+]1(COP(=O)(O)O)CCC2(C)c3cc(O)ccc3CC1C2C. The van der Waals surface area contributed by atoms with Crippen LogP contribution in [0.2, 0.25) is 0 Å². The lowest BCUT2D eigenvalue weighted by molar-refractivity contribution is -0.970. The van der Waals surface area contributed by atoms with E-state index in [1.165, 1.54) is 16.7 Å². The van der Waals surface area contributed by atoms with Crippen LogP contribution in [-0.2, 0) is 20.9 Å². The lowest BCUT2D eigenvalue weighted by Crippen LogP contribution is -2.68. The minimum absolute atomic E-state index is 0.00651. The van der Waals surface area contributed by atoms with Gasteiger partial charge in [-0.3, -0.25) is 4.48 Å². The van der Waals surface area contributed by atoms with Gasteiger partial charge in [0.2, 0.25) is 0 Å². The number of phosphoric ester groups is 1. The van der Waals surface area contributed by atoms with Gasteiger partial charge in [0.15, 0.2) is 6.73 Å². The Bertz CT molecular complexity index is 800. The van der Waals surface area contributed by atoms with Gasteiger partial charge in [0.1, 0.15) is 5.75 Å². The molecule has 0 saturated carbocycles. The number of quaternary nitrogens is 1. The zero-order valence-corrected chi connectivity index (χ0v) is 17.4. The molecule has 0 amide bonds. The van der Waals surface area contributed by atoms with E-state index in [0.717, 1.165) is 19.4 Å². The number of hydrogen-bond acceptors (Lipinski definition) is 3. The van der Waals surface area contributed by atoms with E-state index >= 15 is 0 Å². The van der Waals surface area contributed by atoms with Crippen molar-refractivity contribution >= 4 is 7.82 Å². The molecular formula is C20H31NO5P+. The van der Waals surface area contributed by atoms with Gasteiger partial charge in [0.05, 0.1) is 19.1 Å². The molecule has 2 aliphatic rings. The molecule has 6 nitrogen and oxygen atoms in total. The topological polar surface area (TPSA) is 87.0 Å². The summed E-state index contributed by atoms with van der Waals surface area (Å²) in [4.78, 5) is 18.6. The Labute approximate surface area is 161 Å². The predicted octanol–water partition coefficient (Wildman–Crippen LogP) is 3.46. The Morgan fingerprint density at radius 3 is 2.74 bits per heavy atom. The molecule has 4 unspecified atom stereocenters. The summed E-state index contributed by atoms with van der Waals surface area (Å²) in [5.41, 5.74) is 3.55. The fourth-order valence-electron chi connectivity index (χ4n) is 4.99. The van der Waals surface area contributed by atoms with Crippen LogP contribution in [0, 0.1) is 5.92 Å². The van der Waals surface area contributed by atoms with Crippen LogP contribution in [0.4, 0.5) is 0 Å². The Balaban J connectivity index is 2.03. The summed E-state index contributed by atoms with van der Waals surface area (Å²) in [6.45, 7) is 10.0. The van der Waals surface area contributed by atoms with Gasteiger partial charge in [0.25, 0.3) is 0 Å². The number of aromatic hydroxyl groups is 1. The second-order valence-electron chi connectivity index (χ2n) is 8.72. The van der Waals surface area contributed by atoms with E-state index in [1.54, 1.807) is 6.07 Å². The summed E-state index contributed by atoms with van der Waals surface area (Å²) in [7, 11) is -4.54. The van der Waals surface area contributed by atoms with Gasteiger partial charge in [-0.15, -0.1) is 0 Å². The van der Waals surface area contributed by atoms with Crippen LogP contribution in [0.15, 0.2) is 29.8 Å². The van der Waals surface area contributed by atoms with Gasteiger partial charge in [-0.25, -0.2) is 9.09 Å². The van der Waals surface area contributed by atoms with Crippen molar-refractivity contribution in [1.29, 1.82) is 0 Å². The van der Waals surface area contributed by atoms with E-state index in [-0.39, 0.29) is 18.2 Å². The summed E-state index contributed by atoms with van der Waals surface area (Å²) < 4.78 is 17.0. The van der Waals surface area contributed by atoms with Gasteiger partial charge < -0.3 is 14.9 Å². The average Bonchev–Trinajstić information content (AvgIpc) is 2.57. The lowest BCUT2D eigenvalue weighted by Gasteiger charge is -2.58. The van der Waals surface area contributed by atoms with Crippen LogP contribution >= 0.6 is 7.82 Å². The summed E-state index contributed by atoms with van der Waals surface area (Å²) in [6.07, 6.45) is 3.83. The quantitative estimate of drug-likeness (QED) is 0.403. The third kappa shape index (κ3) is 3.87. The average molecular weight is 396 g/mol. The van der Waals surface area contributed by atoms with Crippen molar-refractivity contribution in [1.82, 2.24) is 0 Å². The molecule has 1 heterocycles. The second kappa shape index (κ2) is 7.02. The van der Waals surface area contributed by atoms with Crippen molar-refractivity contribution in [2.45, 2.75) is 52.0 Å². The van der Waals surface area contributed by atoms with Crippen LogP contribution in [0.1, 0.15) is 45.2 Å². The fraction of sp³-hybridized carbons (Fsp3) is 0.600. The molecule has 1 aliphatic carbocycles. The molecule has 1 aromatic rings. The first-order chi connectivity index (χ1) is 12.5. The molecule has 1 aliphatic heterocycles. The number of nitrogens with zero attached hydrogens (tertiary/aromatic N) is 1. The Kier molecular flexibility index (Phi) is 5.34. The number of phosphoric acid groups is 1. The number of phenols is 1. The molecule has 150 valence electrons. The molecule has 0 aromatic heterocycles. The van der Waals surface area contributed by atoms with E-state index in [0.29, 0.717) is 22.7 Å². The zero-order valence-electron chi connectivity index (χ0n) is 16.6.